The van der Waals surface area contributed by atoms with Gasteiger partial charge in [0.2, 0.25) is 0 Å². The molecule has 2 aromatic rings. The SMILES string of the molecule is CN1CCN(C(=O)c2ccccc2)/C1=C/C(=O)c1ccccc1. The molecular weight excluding hydrogens is 288 g/mol. The van der Waals surface area contributed by atoms with Gasteiger partial charge in [0.15, 0.2) is 5.78 Å². The zero-order valence-corrected chi connectivity index (χ0v) is 13.0. The maximum Gasteiger partial charge on any atom is 0.259 e. The normalized spacial score (nSPS) is 16.0. The van der Waals surface area contributed by atoms with Crippen LogP contribution in [0.1, 0.15) is 20.7 Å². The van der Waals surface area contributed by atoms with Crippen molar-refractivity contribution in [1.29, 1.82) is 0 Å². The summed E-state index contributed by atoms with van der Waals surface area (Å²) < 4.78 is 0. The first-order chi connectivity index (χ1) is 11.2. The fourth-order valence-corrected chi connectivity index (χ4v) is 2.62. The van der Waals surface area contributed by atoms with Gasteiger partial charge in [-0.15, -0.1) is 0 Å². The van der Waals surface area contributed by atoms with E-state index < -0.39 is 0 Å². The second-order valence-corrected chi connectivity index (χ2v) is 5.48. The van der Waals surface area contributed by atoms with E-state index >= 15 is 0 Å². The van der Waals surface area contributed by atoms with Crippen LogP contribution in [0.4, 0.5) is 0 Å². The maximum atomic E-state index is 12.7. The van der Waals surface area contributed by atoms with Gasteiger partial charge in [0.05, 0.1) is 0 Å². The minimum absolute atomic E-state index is 0.0814. The fourth-order valence-electron chi connectivity index (χ4n) is 2.62. The molecule has 4 nitrogen and oxygen atoms in total. The van der Waals surface area contributed by atoms with Crippen LogP contribution in [0.5, 0.6) is 0 Å². The summed E-state index contributed by atoms with van der Waals surface area (Å²) in [5.74, 6) is 0.468. The number of ketones is 1. The monoisotopic (exact) mass is 306 g/mol. The van der Waals surface area contributed by atoms with E-state index in [9.17, 15) is 9.59 Å². The molecule has 0 aliphatic carbocycles. The van der Waals surface area contributed by atoms with Gasteiger partial charge in [0.1, 0.15) is 5.82 Å². The average molecular weight is 306 g/mol. The molecule has 1 fully saturated rings. The Labute approximate surface area is 135 Å². The summed E-state index contributed by atoms with van der Waals surface area (Å²) in [4.78, 5) is 28.7. The highest BCUT2D eigenvalue weighted by Gasteiger charge is 2.28. The van der Waals surface area contributed by atoms with Gasteiger partial charge in [-0.1, -0.05) is 48.5 Å². The molecule has 1 heterocycles. The highest BCUT2D eigenvalue weighted by atomic mass is 16.2. The van der Waals surface area contributed by atoms with Crippen molar-refractivity contribution in [2.75, 3.05) is 20.1 Å². The predicted molar refractivity (Wildman–Crippen MR) is 89.0 cm³/mol. The van der Waals surface area contributed by atoms with Crippen molar-refractivity contribution in [3.8, 4) is 0 Å². The second kappa shape index (κ2) is 6.48. The molecule has 1 saturated heterocycles. The quantitative estimate of drug-likeness (QED) is 0.647. The van der Waals surface area contributed by atoms with Crippen LogP contribution in [-0.4, -0.2) is 41.6 Å². The molecule has 23 heavy (non-hydrogen) atoms. The van der Waals surface area contributed by atoms with Gasteiger partial charge in [0.25, 0.3) is 5.91 Å². The Morgan fingerprint density at radius 1 is 0.870 bits per heavy atom. The standard InChI is InChI=1S/C19H18N2O2/c1-20-12-13-21(19(23)16-10-6-3-7-11-16)18(20)14-17(22)15-8-4-2-5-9-15/h2-11,14H,12-13H2,1H3/b18-14+. The Morgan fingerprint density at radius 3 is 2.04 bits per heavy atom. The number of nitrogens with zero attached hydrogens (tertiary/aromatic N) is 2. The fraction of sp³-hybridized carbons (Fsp3) is 0.158. The van der Waals surface area contributed by atoms with E-state index in [1.165, 1.54) is 0 Å². The molecule has 1 aliphatic rings. The molecular formula is C19H18N2O2. The molecule has 3 rings (SSSR count). The molecule has 0 spiro atoms. The zero-order valence-electron chi connectivity index (χ0n) is 13.0. The number of amides is 1. The third-order valence-electron chi connectivity index (χ3n) is 3.91. The van der Waals surface area contributed by atoms with Crippen molar-refractivity contribution in [3.63, 3.8) is 0 Å². The minimum atomic E-state index is -0.0970. The molecule has 0 N–H and O–H groups in total. The van der Waals surface area contributed by atoms with Crippen LogP contribution < -0.4 is 0 Å². The lowest BCUT2D eigenvalue weighted by Crippen LogP contribution is -2.29. The summed E-state index contributed by atoms with van der Waals surface area (Å²) in [7, 11) is 1.89. The second-order valence-electron chi connectivity index (χ2n) is 5.48. The van der Waals surface area contributed by atoms with Gasteiger partial charge in [-0.05, 0) is 12.1 Å². The van der Waals surface area contributed by atoms with Crippen molar-refractivity contribution in [1.82, 2.24) is 9.80 Å². The first-order valence-electron chi connectivity index (χ1n) is 7.56. The summed E-state index contributed by atoms with van der Waals surface area (Å²) in [5, 5.41) is 0. The predicted octanol–water partition coefficient (Wildman–Crippen LogP) is 2.80. The smallest absolute Gasteiger partial charge is 0.259 e. The molecule has 0 aromatic heterocycles. The number of likely N-dealkylation sites (N-methyl/N-ethyl adjacent to an activating group) is 1. The molecule has 2 aromatic carbocycles. The van der Waals surface area contributed by atoms with Gasteiger partial charge < -0.3 is 4.90 Å². The molecule has 116 valence electrons. The lowest BCUT2D eigenvalue weighted by atomic mass is 10.1. The largest absolute Gasteiger partial charge is 0.359 e. The highest BCUT2D eigenvalue weighted by Crippen LogP contribution is 2.20. The van der Waals surface area contributed by atoms with Gasteiger partial charge in [0, 0.05) is 37.3 Å². The Hall–Kier alpha value is -2.88. The number of carbonyl (C=O) groups excluding carboxylic acids is 2. The number of benzene rings is 2. The van der Waals surface area contributed by atoms with Gasteiger partial charge >= 0.3 is 0 Å². The summed E-state index contributed by atoms with van der Waals surface area (Å²) >= 11 is 0. The van der Waals surface area contributed by atoms with Crippen LogP contribution in [0.3, 0.4) is 0 Å². The zero-order chi connectivity index (χ0) is 16.2. The molecule has 0 unspecified atom stereocenters. The number of hydrogen-bond donors (Lipinski definition) is 0. The number of rotatable bonds is 3. The van der Waals surface area contributed by atoms with E-state index in [4.69, 9.17) is 0 Å². The third-order valence-corrected chi connectivity index (χ3v) is 3.91. The number of allylic oxidation sites excluding steroid dienone is 1. The van der Waals surface area contributed by atoms with E-state index in [1.807, 2.05) is 48.3 Å². The van der Waals surface area contributed by atoms with Gasteiger partial charge in [-0.3, -0.25) is 14.5 Å². The van der Waals surface area contributed by atoms with Crippen LogP contribution in [0.2, 0.25) is 0 Å². The van der Waals surface area contributed by atoms with Gasteiger partial charge in [-0.25, -0.2) is 0 Å². The Morgan fingerprint density at radius 2 is 1.43 bits per heavy atom. The third kappa shape index (κ3) is 3.16. The molecule has 1 amide bonds. The number of hydrogen-bond acceptors (Lipinski definition) is 3. The Kier molecular flexibility index (Phi) is 4.24. The molecule has 0 radical (unpaired) electrons. The van der Waals surface area contributed by atoms with Crippen LogP contribution in [-0.2, 0) is 0 Å². The number of carbonyl (C=O) groups is 2. The lowest BCUT2D eigenvalue weighted by molar-refractivity contribution is 0.0819. The Bertz CT molecular complexity index is 738. The first kappa shape index (κ1) is 15.0. The highest BCUT2D eigenvalue weighted by molar-refractivity contribution is 6.05. The van der Waals surface area contributed by atoms with E-state index in [1.54, 1.807) is 35.2 Å². The van der Waals surface area contributed by atoms with E-state index in [0.29, 0.717) is 30.0 Å². The lowest BCUT2D eigenvalue weighted by Gasteiger charge is -2.20. The molecule has 0 saturated carbocycles. The summed E-state index contributed by atoms with van der Waals surface area (Å²) in [6, 6.07) is 18.2. The topological polar surface area (TPSA) is 40.6 Å². The van der Waals surface area contributed by atoms with Crippen LogP contribution in [0, 0.1) is 0 Å². The van der Waals surface area contributed by atoms with Crippen molar-refractivity contribution in [2.45, 2.75) is 0 Å². The molecule has 0 bridgehead atoms. The van der Waals surface area contributed by atoms with E-state index in [0.717, 1.165) is 0 Å². The van der Waals surface area contributed by atoms with Crippen molar-refractivity contribution in [3.05, 3.63) is 83.7 Å². The Balaban J connectivity index is 1.88. The van der Waals surface area contributed by atoms with E-state index in [-0.39, 0.29) is 11.7 Å². The average Bonchev–Trinajstić information content (AvgIpc) is 2.96. The van der Waals surface area contributed by atoms with Crippen LogP contribution >= 0.6 is 0 Å². The summed E-state index contributed by atoms with van der Waals surface area (Å²) in [6.45, 7) is 1.30. The molecule has 1 aliphatic heterocycles. The van der Waals surface area contributed by atoms with Gasteiger partial charge in [-0.2, -0.15) is 0 Å². The van der Waals surface area contributed by atoms with Crippen LogP contribution in [0.25, 0.3) is 0 Å². The minimum Gasteiger partial charge on any atom is -0.359 e. The van der Waals surface area contributed by atoms with Crippen LogP contribution in [0.15, 0.2) is 72.6 Å². The summed E-state index contributed by atoms with van der Waals surface area (Å²) in [5.41, 5.74) is 1.24. The first-order valence-corrected chi connectivity index (χ1v) is 7.56. The van der Waals surface area contributed by atoms with E-state index in [2.05, 4.69) is 0 Å². The summed E-state index contributed by atoms with van der Waals surface area (Å²) in [6.07, 6.45) is 1.54. The maximum absolute atomic E-state index is 12.7. The molecule has 4 heteroatoms. The van der Waals surface area contributed by atoms with Crippen molar-refractivity contribution < 1.29 is 9.59 Å². The van der Waals surface area contributed by atoms with Crippen molar-refractivity contribution >= 4 is 11.7 Å². The van der Waals surface area contributed by atoms with Crippen molar-refractivity contribution in [2.24, 2.45) is 0 Å². The molecule has 0 atom stereocenters.